The number of aryl methyl sites for hydroxylation is 2. The molecule has 3 aromatic rings. The first kappa shape index (κ1) is 27.3. The summed E-state index contributed by atoms with van der Waals surface area (Å²) in [5.41, 5.74) is 4.79. The molecule has 0 aliphatic carbocycles. The number of nitrogens with zero attached hydrogens (tertiary/aromatic N) is 4. The van der Waals surface area contributed by atoms with Gasteiger partial charge in [0.2, 0.25) is 0 Å². The monoisotopic (exact) mass is 542 g/mol. The van der Waals surface area contributed by atoms with Crippen molar-refractivity contribution < 1.29 is 9.53 Å². The molecule has 3 fully saturated rings. The number of ether oxygens (including phenoxy) is 1. The molecule has 0 spiro atoms. The summed E-state index contributed by atoms with van der Waals surface area (Å²) in [5, 5.41) is 0. The van der Waals surface area contributed by atoms with Gasteiger partial charge in [-0.05, 0) is 109 Å². The average Bonchev–Trinajstić information content (AvgIpc) is 3.37. The van der Waals surface area contributed by atoms with Crippen LogP contribution in [0.5, 0.6) is 0 Å². The molecule has 3 atom stereocenters. The highest BCUT2D eigenvalue weighted by molar-refractivity contribution is 5.76. The molecule has 6 rings (SSSR count). The molecule has 6 nitrogen and oxygen atoms in total. The first-order valence-electron chi connectivity index (χ1n) is 15.4. The quantitative estimate of drug-likeness (QED) is 0.343. The third-order valence-electron chi connectivity index (χ3n) is 9.85. The van der Waals surface area contributed by atoms with Gasteiger partial charge in [-0.3, -0.25) is 4.90 Å². The summed E-state index contributed by atoms with van der Waals surface area (Å²) in [4.78, 5) is 22.5. The highest BCUT2D eigenvalue weighted by Crippen LogP contribution is 2.45. The molecular weight excluding hydrogens is 496 g/mol. The van der Waals surface area contributed by atoms with Crippen LogP contribution in [-0.4, -0.2) is 62.8 Å². The molecule has 4 heterocycles. The molecule has 2 aromatic carbocycles. The van der Waals surface area contributed by atoms with Crippen LogP contribution in [-0.2, 0) is 10.2 Å². The predicted octanol–water partition coefficient (Wildman–Crippen LogP) is 7.18. The van der Waals surface area contributed by atoms with E-state index in [1.165, 1.54) is 42.3 Å². The Morgan fingerprint density at radius 1 is 0.975 bits per heavy atom. The number of carbonyl (C=O) groups is 1. The normalized spacial score (nSPS) is 24.9. The van der Waals surface area contributed by atoms with Gasteiger partial charge in [0.1, 0.15) is 11.4 Å². The van der Waals surface area contributed by atoms with Crippen molar-refractivity contribution in [2.45, 2.75) is 109 Å². The van der Waals surface area contributed by atoms with E-state index < -0.39 is 5.60 Å². The highest BCUT2D eigenvalue weighted by Gasteiger charge is 2.44. The summed E-state index contributed by atoms with van der Waals surface area (Å²) in [6.45, 7) is 12.8. The molecule has 0 unspecified atom stereocenters. The smallest absolute Gasteiger partial charge is 0.410 e. The Morgan fingerprint density at radius 3 is 2.35 bits per heavy atom. The van der Waals surface area contributed by atoms with Crippen LogP contribution in [0, 0.1) is 13.8 Å². The maximum Gasteiger partial charge on any atom is 0.410 e. The minimum absolute atomic E-state index is 0.0952. The van der Waals surface area contributed by atoms with Gasteiger partial charge in [-0.25, -0.2) is 9.78 Å². The van der Waals surface area contributed by atoms with Crippen LogP contribution < -0.4 is 0 Å². The standard InChI is InChI=1S/C34H46N4O2/c1-24-9-8-10-26(21-24)34(15-18-36(19-16-34)32(39)40-33(3,4)5)17-20-37-27-13-14-28(37)23-29(22-27)38-25(2)35-30-11-6-7-12-31(30)38/h6-12,21,27-29H,13-20,22-23H2,1-5H3/t27-,28+,29+. The van der Waals surface area contributed by atoms with E-state index in [2.05, 4.69) is 71.8 Å². The lowest BCUT2D eigenvalue weighted by Gasteiger charge is -2.45. The number of fused-ring (bicyclic) bond motifs is 3. The Kier molecular flexibility index (Phi) is 7.18. The number of likely N-dealkylation sites (tertiary alicyclic amines) is 1. The SMILES string of the molecule is Cc1cccc(C2(CCN3[C@@H]4CC[C@H]3C[C@@H](n3c(C)nc5ccccc53)C4)CCN(C(=O)OC(C)(C)C)CC2)c1. The lowest BCUT2D eigenvalue weighted by molar-refractivity contribution is 0.0144. The van der Waals surface area contributed by atoms with E-state index in [1.807, 2.05) is 25.7 Å². The van der Waals surface area contributed by atoms with Crippen LogP contribution >= 0.6 is 0 Å². The van der Waals surface area contributed by atoms with Crippen LogP contribution in [0.1, 0.15) is 88.7 Å². The molecule has 3 saturated heterocycles. The lowest BCUT2D eigenvalue weighted by atomic mass is 9.70. The van der Waals surface area contributed by atoms with Crippen molar-refractivity contribution in [3.8, 4) is 0 Å². The first-order chi connectivity index (χ1) is 19.1. The summed E-state index contributed by atoms with van der Waals surface area (Å²) >= 11 is 0. The Bertz CT molecular complexity index is 1350. The number of benzene rings is 2. The van der Waals surface area contributed by atoms with E-state index in [1.54, 1.807) is 0 Å². The van der Waals surface area contributed by atoms with Gasteiger partial charge in [0.25, 0.3) is 0 Å². The topological polar surface area (TPSA) is 50.6 Å². The number of para-hydroxylation sites is 2. The number of imidazole rings is 1. The van der Waals surface area contributed by atoms with Gasteiger partial charge in [-0.1, -0.05) is 42.0 Å². The summed E-state index contributed by atoms with van der Waals surface area (Å²) in [6, 6.07) is 19.5. The third-order valence-corrected chi connectivity index (χ3v) is 9.85. The number of hydrogen-bond acceptors (Lipinski definition) is 4. The summed E-state index contributed by atoms with van der Waals surface area (Å²) in [5.74, 6) is 1.15. The van der Waals surface area contributed by atoms with Gasteiger partial charge in [-0.15, -0.1) is 0 Å². The molecule has 0 radical (unpaired) electrons. The maximum atomic E-state index is 12.8. The zero-order chi connectivity index (χ0) is 28.1. The fourth-order valence-electron chi connectivity index (χ4n) is 7.89. The Labute approximate surface area is 239 Å². The van der Waals surface area contributed by atoms with Crippen molar-refractivity contribution in [1.82, 2.24) is 19.4 Å². The molecule has 6 heteroatoms. The van der Waals surface area contributed by atoms with Gasteiger partial charge in [0.05, 0.1) is 11.0 Å². The van der Waals surface area contributed by atoms with Crippen molar-refractivity contribution in [1.29, 1.82) is 0 Å². The van der Waals surface area contributed by atoms with Gasteiger partial charge in [0, 0.05) is 31.2 Å². The van der Waals surface area contributed by atoms with E-state index >= 15 is 0 Å². The first-order valence-corrected chi connectivity index (χ1v) is 15.4. The predicted molar refractivity (Wildman–Crippen MR) is 161 cm³/mol. The second kappa shape index (κ2) is 10.5. The summed E-state index contributed by atoms with van der Waals surface area (Å²) in [6.07, 6.45) is 7.97. The third kappa shape index (κ3) is 5.27. The zero-order valence-electron chi connectivity index (χ0n) is 25.0. The average molecular weight is 543 g/mol. The Balaban J connectivity index is 1.17. The number of aromatic nitrogens is 2. The fourth-order valence-corrected chi connectivity index (χ4v) is 7.89. The van der Waals surface area contributed by atoms with Crippen LogP contribution in [0.15, 0.2) is 48.5 Å². The Hall–Kier alpha value is -2.86. The molecule has 1 amide bonds. The van der Waals surface area contributed by atoms with Gasteiger partial charge in [-0.2, -0.15) is 0 Å². The molecule has 1 aromatic heterocycles. The highest BCUT2D eigenvalue weighted by atomic mass is 16.6. The van der Waals surface area contributed by atoms with Crippen molar-refractivity contribution in [2.24, 2.45) is 0 Å². The summed E-state index contributed by atoms with van der Waals surface area (Å²) in [7, 11) is 0. The summed E-state index contributed by atoms with van der Waals surface area (Å²) < 4.78 is 8.24. The van der Waals surface area contributed by atoms with E-state index in [4.69, 9.17) is 9.72 Å². The second-order valence-corrected chi connectivity index (χ2v) is 13.6. The number of rotatable bonds is 5. The van der Waals surface area contributed by atoms with Crippen molar-refractivity contribution >= 4 is 17.1 Å². The van der Waals surface area contributed by atoms with E-state index in [9.17, 15) is 4.79 Å². The molecule has 3 aliphatic heterocycles. The van der Waals surface area contributed by atoms with E-state index in [0.717, 1.165) is 50.2 Å². The fraction of sp³-hybridized carbons (Fsp3) is 0.588. The Morgan fingerprint density at radius 2 is 1.68 bits per heavy atom. The van der Waals surface area contributed by atoms with E-state index in [-0.39, 0.29) is 11.5 Å². The van der Waals surface area contributed by atoms with Crippen molar-refractivity contribution in [3.63, 3.8) is 0 Å². The zero-order valence-corrected chi connectivity index (χ0v) is 25.0. The van der Waals surface area contributed by atoms with Gasteiger partial charge in [0.15, 0.2) is 0 Å². The van der Waals surface area contributed by atoms with E-state index in [0.29, 0.717) is 18.1 Å². The molecule has 0 N–H and O–H groups in total. The lowest BCUT2D eigenvalue weighted by Crippen LogP contribution is -2.49. The van der Waals surface area contributed by atoms with Crippen LogP contribution in [0.4, 0.5) is 4.79 Å². The van der Waals surface area contributed by atoms with Gasteiger partial charge >= 0.3 is 6.09 Å². The van der Waals surface area contributed by atoms with Crippen molar-refractivity contribution in [2.75, 3.05) is 19.6 Å². The second-order valence-electron chi connectivity index (χ2n) is 13.6. The molecular formula is C34H46N4O2. The maximum absolute atomic E-state index is 12.8. The van der Waals surface area contributed by atoms with Crippen LogP contribution in [0.2, 0.25) is 0 Å². The number of amides is 1. The number of carbonyl (C=O) groups excluding carboxylic acids is 1. The molecule has 3 aliphatic rings. The molecule has 2 bridgehead atoms. The van der Waals surface area contributed by atoms with Crippen molar-refractivity contribution in [3.05, 3.63) is 65.5 Å². The molecule has 40 heavy (non-hydrogen) atoms. The molecule has 0 saturated carbocycles. The van der Waals surface area contributed by atoms with Crippen LogP contribution in [0.3, 0.4) is 0 Å². The number of piperidine rings is 2. The largest absolute Gasteiger partial charge is 0.444 e. The molecule has 214 valence electrons. The number of hydrogen-bond donors (Lipinski definition) is 0. The minimum Gasteiger partial charge on any atom is -0.444 e. The van der Waals surface area contributed by atoms with Gasteiger partial charge < -0.3 is 14.2 Å². The van der Waals surface area contributed by atoms with Crippen LogP contribution in [0.25, 0.3) is 11.0 Å². The minimum atomic E-state index is -0.463.